The smallest absolute Gasteiger partial charge is 0.251 e. The molecular weight excluding hydrogens is 328 g/mol. The van der Waals surface area contributed by atoms with Gasteiger partial charge in [-0.05, 0) is 49.4 Å². The Bertz CT molecular complexity index is 635. The highest BCUT2D eigenvalue weighted by molar-refractivity contribution is 7.89. The maximum atomic E-state index is 12.2. The third-order valence-corrected chi connectivity index (χ3v) is 5.43. The summed E-state index contributed by atoms with van der Waals surface area (Å²) < 4.78 is 32.4. The number of nitrogens with one attached hydrogen (secondary N) is 2. The molecule has 0 bridgehead atoms. The topological polar surface area (TPSA) is 84.5 Å². The van der Waals surface area contributed by atoms with Gasteiger partial charge in [-0.1, -0.05) is 13.8 Å². The molecule has 2 rings (SSSR count). The molecule has 0 aliphatic carbocycles. The monoisotopic (exact) mass is 354 g/mol. The molecule has 1 fully saturated rings. The average Bonchev–Trinajstić information content (AvgIpc) is 3.05. The molecule has 1 atom stereocenters. The number of carbonyl (C=O) groups is 1. The van der Waals surface area contributed by atoms with Crippen LogP contribution in [0.2, 0.25) is 0 Å². The van der Waals surface area contributed by atoms with Gasteiger partial charge in [0.05, 0.1) is 11.0 Å². The highest BCUT2D eigenvalue weighted by Crippen LogP contribution is 2.13. The summed E-state index contributed by atoms with van der Waals surface area (Å²) in [6.45, 7) is 5.72. The van der Waals surface area contributed by atoms with E-state index < -0.39 is 10.0 Å². The third-order valence-electron chi connectivity index (χ3n) is 3.95. The number of sulfonamides is 1. The number of ether oxygens (including phenoxy) is 1. The minimum atomic E-state index is -3.53. The third kappa shape index (κ3) is 5.58. The molecule has 7 heteroatoms. The van der Waals surface area contributed by atoms with Crippen LogP contribution in [0.1, 0.15) is 43.5 Å². The predicted octanol–water partition coefficient (Wildman–Crippen LogP) is 1.92. The van der Waals surface area contributed by atoms with Crippen molar-refractivity contribution in [1.82, 2.24) is 10.0 Å². The Balaban J connectivity index is 1.90. The fraction of sp³-hybridized carbons (Fsp3) is 0.588. The van der Waals surface area contributed by atoms with E-state index >= 15 is 0 Å². The van der Waals surface area contributed by atoms with Crippen molar-refractivity contribution in [1.29, 1.82) is 0 Å². The summed E-state index contributed by atoms with van der Waals surface area (Å²) in [6, 6.07) is 5.97. The van der Waals surface area contributed by atoms with Crippen molar-refractivity contribution >= 4 is 15.9 Å². The van der Waals surface area contributed by atoms with Crippen molar-refractivity contribution < 1.29 is 17.9 Å². The van der Waals surface area contributed by atoms with E-state index in [1.807, 2.05) is 13.8 Å². The van der Waals surface area contributed by atoms with Crippen LogP contribution in [0.25, 0.3) is 0 Å². The van der Waals surface area contributed by atoms with Gasteiger partial charge in [-0.3, -0.25) is 4.79 Å². The lowest BCUT2D eigenvalue weighted by Crippen LogP contribution is -2.31. The van der Waals surface area contributed by atoms with Crippen LogP contribution in [0.5, 0.6) is 0 Å². The lowest BCUT2D eigenvalue weighted by Gasteiger charge is -2.11. The molecule has 0 radical (unpaired) electrons. The maximum Gasteiger partial charge on any atom is 0.251 e. The van der Waals surface area contributed by atoms with Crippen molar-refractivity contribution in [3.05, 3.63) is 29.8 Å². The predicted molar refractivity (Wildman–Crippen MR) is 92.4 cm³/mol. The van der Waals surface area contributed by atoms with Crippen LogP contribution >= 0.6 is 0 Å². The molecule has 1 aromatic carbocycles. The molecule has 1 saturated heterocycles. The summed E-state index contributed by atoms with van der Waals surface area (Å²) in [5, 5.41) is 2.82. The molecule has 134 valence electrons. The van der Waals surface area contributed by atoms with Crippen LogP contribution in [-0.4, -0.2) is 40.1 Å². The Labute approximate surface area is 144 Å². The molecule has 1 heterocycles. The zero-order chi connectivity index (χ0) is 17.6. The molecule has 0 spiro atoms. The van der Waals surface area contributed by atoms with Crippen molar-refractivity contribution in [2.75, 3.05) is 19.7 Å². The maximum absolute atomic E-state index is 12.2. The first kappa shape index (κ1) is 18.9. The minimum absolute atomic E-state index is 0.0822. The Kier molecular flexibility index (Phi) is 6.77. The van der Waals surface area contributed by atoms with E-state index in [0.717, 1.165) is 25.9 Å². The van der Waals surface area contributed by atoms with Gasteiger partial charge >= 0.3 is 0 Å². The van der Waals surface area contributed by atoms with E-state index in [-0.39, 0.29) is 16.9 Å². The van der Waals surface area contributed by atoms with Crippen LogP contribution in [-0.2, 0) is 14.8 Å². The largest absolute Gasteiger partial charge is 0.376 e. The molecule has 1 aromatic rings. The van der Waals surface area contributed by atoms with Crippen molar-refractivity contribution in [3.63, 3.8) is 0 Å². The highest BCUT2D eigenvalue weighted by Gasteiger charge is 2.18. The number of benzene rings is 1. The zero-order valence-electron chi connectivity index (χ0n) is 14.2. The van der Waals surface area contributed by atoms with Crippen molar-refractivity contribution in [2.24, 2.45) is 5.92 Å². The fourth-order valence-corrected chi connectivity index (χ4v) is 3.51. The van der Waals surface area contributed by atoms with E-state index in [9.17, 15) is 13.2 Å². The number of hydrogen-bond acceptors (Lipinski definition) is 4. The van der Waals surface area contributed by atoms with Crippen LogP contribution in [0, 0.1) is 5.92 Å². The summed E-state index contributed by atoms with van der Waals surface area (Å²) in [6.07, 6.45) is 2.85. The molecular formula is C17H26N2O4S. The standard InChI is InChI=1S/C17H26N2O4S/c1-13(2)9-10-19-24(21,22)16-7-5-14(6-8-16)17(20)18-12-15-4-3-11-23-15/h5-8,13,15,19H,3-4,9-12H2,1-2H3,(H,18,20). The molecule has 6 nitrogen and oxygen atoms in total. The van der Waals surface area contributed by atoms with Crippen LogP contribution in [0.4, 0.5) is 0 Å². The first-order valence-electron chi connectivity index (χ1n) is 8.38. The Morgan fingerprint density at radius 2 is 2.00 bits per heavy atom. The minimum Gasteiger partial charge on any atom is -0.376 e. The number of amides is 1. The second-order valence-electron chi connectivity index (χ2n) is 6.45. The van der Waals surface area contributed by atoms with Gasteiger partial charge in [0, 0.05) is 25.3 Å². The molecule has 1 unspecified atom stereocenters. The number of carbonyl (C=O) groups excluding carboxylic acids is 1. The van der Waals surface area contributed by atoms with Crippen LogP contribution in [0.15, 0.2) is 29.2 Å². The Morgan fingerprint density at radius 1 is 1.29 bits per heavy atom. The van der Waals surface area contributed by atoms with E-state index in [1.165, 1.54) is 24.3 Å². The van der Waals surface area contributed by atoms with Gasteiger partial charge in [-0.15, -0.1) is 0 Å². The van der Waals surface area contributed by atoms with Gasteiger partial charge in [0.15, 0.2) is 0 Å². The quantitative estimate of drug-likeness (QED) is 0.747. The van der Waals surface area contributed by atoms with Gasteiger partial charge in [-0.25, -0.2) is 13.1 Å². The second kappa shape index (κ2) is 8.60. The molecule has 1 amide bonds. The summed E-state index contributed by atoms with van der Waals surface area (Å²) in [4.78, 5) is 12.2. The first-order chi connectivity index (χ1) is 11.4. The lowest BCUT2D eigenvalue weighted by atomic mass is 10.1. The number of rotatable bonds is 8. The van der Waals surface area contributed by atoms with Gasteiger partial charge in [0.1, 0.15) is 0 Å². The zero-order valence-corrected chi connectivity index (χ0v) is 15.1. The summed E-state index contributed by atoms with van der Waals surface area (Å²) in [7, 11) is -3.53. The molecule has 1 aliphatic rings. The Hall–Kier alpha value is -1.44. The second-order valence-corrected chi connectivity index (χ2v) is 8.22. The van der Waals surface area contributed by atoms with Crippen molar-refractivity contribution in [2.45, 2.75) is 44.1 Å². The molecule has 0 saturated carbocycles. The molecule has 24 heavy (non-hydrogen) atoms. The lowest BCUT2D eigenvalue weighted by molar-refractivity contribution is 0.0857. The SMILES string of the molecule is CC(C)CCNS(=O)(=O)c1ccc(C(=O)NCC2CCCO2)cc1. The highest BCUT2D eigenvalue weighted by atomic mass is 32.2. The molecule has 0 aromatic heterocycles. The normalized spacial score (nSPS) is 18.0. The summed E-state index contributed by atoms with van der Waals surface area (Å²) in [5.74, 6) is 0.213. The van der Waals surface area contributed by atoms with Gasteiger partial charge < -0.3 is 10.1 Å². The first-order valence-corrected chi connectivity index (χ1v) is 9.86. The fourth-order valence-electron chi connectivity index (χ4n) is 2.46. The van der Waals surface area contributed by atoms with E-state index in [0.29, 0.717) is 24.6 Å². The Morgan fingerprint density at radius 3 is 2.58 bits per heavy atom. The molecule has 1 aliphatic heterocycles. The molecule has 2 N–H and O–H groups in total. The summed E-state index contributed by atoms with van der Waals surface area (Å²) >= 11 is 0. The van der Waals surface area contributed by atoms with Crippen LogP contribution < -0.4 is 10.0 Å². The van der Waals surface area contributed by atoms with Gasteiger partial charge in [0.25, 0.3) is 5.91 Å². The van der Waals surface area contributed by atoms with E-state index in [2.05, 4.69) is 10.0 Å². The number of hydrogen-bond donors (Lipinski definition) is 2. The van der Waals surface area contributed by atoms with E-state index in [1.54, 1.807) is 0 Å². The van der Waals surface area contributed by atoms with Gasteiger partial charge in [0.2, 0.25) is 10.0 Å². The average molecular weight is 354 g/mol. The van der Waals surface area contributed by atoms with Gasteiger partial charge in [-0.2, -0.15) is 0 Å². The van der Waals surface area contributed by atoms with Crippen LogP contribution in [0.3, 0.4) is 0 Å². The van der Waals surface area contributed by atoms with E-state index in [4.69, 9.17) is 4.74 Å². The summed E-state index contributed by atoms with van der Waals surface area (Å²) in [5.41, 5.74) is 0.439. The van der Waals surface area contributed by atoms with Crippen molar-refractivity contribution in [3.8, 4) is 0 Å².